The molecule has 6 nitrogen and oxygen atoms in total. The zero-order valence-corrected chi connectivity index (χ0v) is 17.2. The molecule has 2 aromatic rings. The zero-order chi connectivity index (χ0) is 20.5. The number of anilines is 1. The lowest BCUT2D eigenvalue weighted by molar-refractivity contribution is 0.414. The molecule has 0 saturated carbocycles. The van der Waals surface area contributed by atoms with Crippen LogP contribution in [-0.4, -0.2) is 50.3 Å². The second kappa shape index (κ2) is 10.6. The molecule has 7 heteroatoms. The Balaban J connectivity index is 1.48. The molecule has 1 saturated heterocycles. The number of nitrogens with one attached hydrogen (secondary N) is 2. The zero-order valence-electron chi connectivity index (χ0n) is 17.2. The number of hydrogen-bond donors (Lipinski definition) is 2. The number of aliphatic imine (C=N–C) groups is 1. The van der Waals surface area contributed by atoms with E-state index in [1.165, 1.54) is 11.6 Å². The highest BCUT2D eigenvalue weighted by Gasteiger charge is 2.25. The van der Waals surface area contributed by atoms with Gasteiger partial charge in [0.1, 0.15) is 5.75 Å². The molecule has 2 N–H and O–H groups in total. The number of ether oxygens (including phenoxy) is 1. The van der Waals surface area contributed by atoms with Crippen molar-refractivity contribution >= 4 is 11.8 Å². The summed E-state index contributed by atoms with van der Waals surface area (Å²) in [6, 6.07) is 11.5. The summed E-state index contributed by atoms with van der Waals surface area (Å²) in [5.41, 5.74) is 1.28. The first-order chi connectivity index (χ1) is 14.2. The van der Waals surface area contributed by atoms with Gasteiger partial charge in [-0.15, -0.1) is 0 Å². The van der Waals surface area contributed by atoms with Gasteiger partial charge >= 0.3 is 0 Å². The second-order valence-electron chi connectivity index (χ2n) is 7.10. The van der Waals surface area contributed by atoms with Gasteiger partial charge in [0.15, 0.2) is 17.6 Å². The van der Waals surface area contributed by atoms with E-state index in [1.807, 2.05) is 17.0 Å². The van der Waals surface area contributed by atoms with Crippen molar-refractivity contribution in [3.05, 3.63) is 54.0 Å². The number of rotatable bonds is 8. The number of hydrogen-bond acceptors (Lipinski definition) is 4. The summed E-state index contributed by atoms with van der Waals surface area (Å²) >= 11 is 0. The maximum atomic E-state index is 14.0. The summed E-state index contributed by atoms with van der Waals surface area (Å²) in [5, 5.41) is 6.78. The van der Waals surface area contributed by atoms with Gasteiger partial charge in [0.25, 0.3) is 0 Å². The Labute approximate surface area is 172 Å². The SMILES string of the molecule is CCNC(=NCCCc1ccc(OC)cc1)NC1CCN(c2ncccc2F)C1. The summed E-state index contributed by atoms with van der Waals surface area (Å²) in [6.45, 7) is 5.09. The molecule has 2 heterocycles. The molecule has 0 radical (unpaired) electrons. The summed E-state index contributed by atoms with van der Waals surface area (Å²) in [6.07, 6.45) is 4.50. The average molecular weight is 400 g/mol. The predicted molar refractivity (Wildman–Crippen MR) is 115 cm³/mol. The van der Waals surface area contributed by atoms with Crippen molar-refractivity contribution in [2.24, 2.45) is 4.99 Å². The molecule has 1 unspecified atom stereocenters. The quantitative estimate of drug-likeness (QED) is 0.406. The first-order valence-electron chi connectivity index (χ1n) is 10.2. The van der Waals surface area contributed by atoms with E-state index < -0.39 is 0 Å². The molecule has 1 aliphatic heterocycles. The second-order valence-corrected chi connectivity index (χ2v) is 7.10. The van der Waals surface area contributed by atoms with Crippen molar-refractivity contribution in [3.8, 4) is 5.75 Å². The summed E-state index contributed by atoms with van der Waals surface area (Å²) in [4.78, 5) is 10.9. The van der Waals surface area contributed by atoms with Crippen LogP contribution < -0.4 is 20.3 Å². The minimum atomic E-state index is -0.271. The van der Waals surface area contributed by atoms with E-state index in [4.69, 9.17) is 9.73 Å². The van der Waals surface area contributed by atoms with E-state index in [1.54, 1.807) is 19.4 Å². The fourth-order valence-electron chi connectivity index (χ4n) is 3.46. The fourth-order valence-corrected chi connectivity index (χ4v) is 3.46. The van der Waals surface area contributed by atoms with Crippen LogP contribution in [0.15, 0.2) is 47.6 Å². The molecule has 0 amide bonds. The van der Waals surface area contributed by atoms with Gasteiger partial charge in [-0.3, -0.25) is 4.99 Å². The number of methoxy groups -OCH3 is 1. The lowest BCUT2D eigenvalue weighted by Crippen LogP contribution is -2.44. The van der Waals surface area contributed by atoms with E-state index in [-0.39, 0.29) is 11.9 Å². The van der Waals surface area contributed by atoms with E-state index in [9.17, 15) is 4.39 Å². The van der Waals surface area contributed by atoms with Gasteiger partial charge in [0.2, 0.25) is 0 Å². The van der Waals surface area contributed by atoms with Crippen LogP contribution in [0.2, 0.25) is 0 Å². The molecule has 29 heavy (non-hydrogen) atoms. The predicted octanol–water partition coefficient (Wildman–Crippen LogP) is 3.00. The molecule has 1 aromatic carbocycles. The Morgan fingerprint density at radius 2 is 2.14 bits per heavy atom. The van der Waals surface area contributed by atoms with Gasteiger partial charge in [-0.25, -0.2) is 9.37 Å². The van der Waals surface area contributed by atoms with E-state index in [2.05, 4.69) is 34.7 Å². The van der Waals surface area contributed by atoms with Crippen LogP contribution in [0, 0.1) is 5.82 Å². The number of pyridine rings is 1. The first-order valence-corrected chi connectivity index (χ1v) is 10.2. The topological polar surface area (TPSA) is 61.8 Å². The molecule has 3 rings (SSSR count). The highest BCUT2D eigenvalue weighted by molar-refractivity contribution is 5.80. The molecule has 1 aromatic heterocycles. The minimum Gasteiger partial charge on any atom is -0.497 e. The van der Waals surface area contributed by atoms with Crippen molar-refractivity contribution < 1.29 is 9.13 Å². The molecule has 1 fully saturated rings. The number of aromatic nitrogens is 1. The van der Waals surface area contributed by atoms with Gasteiger partial charge in [-0.1, -0.05) is 12.1 Å². The molecular formula is C22H30FN5O. The third kappa shape index (κ3) is 6.07. The van der Waals surface area contributed by atoms with Crippen molar-refractivity contribution in [1.29, 1.82) is 0 Å². The van der Waals surface area contributed by atoms with Gasteiger partial charge in [-0.05, 0) is 56.0 Å². The standard InChI is InChI=1S/C22H30FN5O/c1-3-24-22(26-14-4-6-17-8-10-19(29-2)11-9-17)27-18-12-15-28(16-18)21-20(23)7-5-13-25-21/h5,7-11,13,18H,3-4,6,12,14-16H2,1-2H3,(H2,24,26,27). The van der Waals surface area contributed by atoms with Crippen molar-refractivity contribution in [2.75, 3.05) is 38.2 Å². The van der Waals surface area contributed by atoms with Crippen LogP contribution in [0.3, 0.4) is 0 Å². The normalized spacial score (nSPS) is 16.7. The third-order valence-electron chi connectivity index (χ3n) is 4.96. The summed E-state index contributed by atoms with van der Waals surface area (Å²) in [5.74, 6) is 1.85. The summed E-state index contributed by atoms with van der Waals surface area (Å²) in [7, 11) is 1.68. The Morgan fingerprint density at radius 1 is 1.31 bits per heavy atom. The molecule has 0 bridgehead atoms. The first kappa shape index (κ1) is 20.9. The lowest BCUT2D eigenvalue weighted by atomic mass is 10.1. The van der Waals surface area contributed by atoms with Crippen molar-refractivity contribution in [1.82, 2.24) is 15.6 Å². The Morgan fingerprint density at radius 3 is 2.86 bits per heavy atom. The largest absolute Gasteiger partial charge is 0.497 e. The van der Waals surface area contributed by atoms with Gasteiger partial charge in [-0.2, -0.15) is 0 Å². The molecule has 156 valence electrons. The summed E-state index contributed by atoms with van der Waals surface area (Å²) < 4.78 is 19.2. The van der Waals surface area contributed by atoms with E-state index >= 15 is 0 Å². The van der Waals surface area contributed by atoms with Crippen LogP contribution in [0.1, 0.15) is 25.3 Å². The number of benzene rings is 1. The molecule has 0 spiro atoms. The lowest BCUT2D eigenvalue weighted by Gasteiger charge is -2.20. The molecule has 1 aliphatic rings. The monoisotopic (exact) mass is 399 g/mol. The average Bonchev–Trinajstić information content (AvgIpc) is 3.20. The Kier molecular flexibility index (Phi) is 7.67. The number of aryl methyl sites for hydroxylation is 1. The maximum absolute atomic E-state index is 14.0. The minimum absolute atomic E-state index is 0.218. The van der Waals surface area contributed by atoms with Crippen molar-refractivity contribution in [2.45, 2.75) is 32.2 Å². The molecular weight excluding hydrogens is 369 g/mol. The van der Waals surface area contributed by atoms with Crippen LogP contribution in [0.5, 0.6) is 5.75 Å². The smallest absolute Gasteiger partial charge is 0.191 e. The van der Waals surface area contributed by atoms with Gasteiger partial charge in [0, 0.05) is 38.4 Å². The van der Waals surface area contributed by atoms with Crippen LogP contribution in [-0.2, 0) is 6.42 Å². The highest BCUT2D eigenvalue weighted by atomic mass is 19.1. The van der Waals surface area contributed by atoms with Crippen LogP contribution in [0.4, 0.5) is 10.2 Å². The third-order valence-corrected chi connectivity index (χ3v) is 4.96. The number of nitrogens with zero attached hydrogens (tertiary/aromatic N) is 3. The van der Waals surface area contributed by atoms with E-state index in [0.29, 0.717) is 12.4 Å². The van der Waals surface area contributed by atoms with Crippen molar-refractivity contribution in [3.63, 3.8) is 0 Å². The van der Waals surface area contributed by atoms with E-state index in [0.717, 1.165) is 50.6 Å². The van der Waals surface area contributed by atoms with Gasteiger partial charge in [0.05, 0.1) is 7.11 Å². The maximum Gasteiger partial charge on any atom is 0.191 e. The highest BCUT2D eigenvalue weighted by Crippen LogP contribution is 2.20. The Bertz CT molecular complexity index is 796. The van der Waals surface area contributed by atoms with Crippen LogP contribution in [0.25, 0.3) is 0 Å². The number of halogens is 1. The Hall–Kier alpha value is -2.83. The number of guanidine groups is 1. The fraction of sp³-hybridized carbons (Fsp3) is 0.455. The molecule has 1 atom stereocenters. The van der Waals surface area contributed by atoms with Crippen LogP contribution >= 0.6 is 0 Å². The molecule has 0 aliphatic carbocycles. The van der Waals surface area contributed by atoms with Gasteiger partial charge < -0.3 is 20.3 Å².